The average molecular weight is 270 g/mol. The molecule has 0 fully saturated rings. The van der Waals surface area contributed by atoms with E-state index in [0.717, 1.165) is 23.2 Å². The van der Waals surface area contributed by atoms with Gasteiger partial charge in [0.1, 0.15) is 5.82 Å². The first-order valence-electron chi connectivity index (χ1n) is 6.34. The van der Waals surface area contributed by atoms with Crippen LogP contribution in [0.5, 0.6) is 0 Å². The van der Waals surface area contributed by atoms with Crippen molar-refractivity contribution in [3.05, 3.63) is 35.7 Å². The lowest BCUT2D eigenvalue weighted by Gasteiger charge is -1.93. The van der Waals surface area contributed by atoms with Crippen LogP contribution in [0.3, 0.4) is 0 Å². The number of benzene rings is 1. The van der Waals surface area contributed by atoms with Gasteiger partial charge < -0.3 is 10.1 Å². The van der Waals surface area contributed by atoms with Crippen molar-refractivity contribution >= 4 is 17.0 Å². The maximum absolute atomic E-state index is 11.0. The highest BCUT2D eigenvalue weighted by molar-refractivity contribution is 5.93. The average Bonchev–Trinajstić information content (AvgIpc) is 3.00. The summed E-state index contributed by atoms with van der Waals surface area (Å²) in [6, 6.07) is 4.86. The lowest BCUT2D eigenvalue weighted by molar-refractivity contribution is 0.0697. The summed E-state index contributed by atoms with van der Waals surface area (Å²) in [5, 5.41) is 13.4. The number of carboxylic acid groups (broad SMARTS) is 1. The van der Waals surface area contributed by atoms with Crippen LogP contribution in [-0.2, 0) is 13.5 Å². The van der Waals surface area contributed by atoms with Gasteiger partial charge >= 0.3 is 5.97 Å². The van der Waals surface area contributed by atoms with E-state index in [-0.39, 0.29) is 5.56 Å². The Morgan fingerprint density at radius 3 is 2.95 bits per heavy atom. The molecule has 0 radical (unpaired) electrons. The second-order valence-electron chi connectivity index (χ2n) is 4.64. The Bertz CT molecular complexity index is 801. The summed E-state index contributed by atoms with van der Waals surface area (Å²) >= 11 is 0. The number of hydrogen-bond donors (Lipinski definition) is 2. The minimum atomic E-state index is -0.946. The Kier molecular flexibility index (Phi) is 2.78. The molecule has 0 spiro atoms. The molecule has 20 heavy (non-hydrogen) atoms. The van der Waals surface area contributed by atoms with E-state index >= 15 is 0 Å². The first-order chi connectivity index (χ1) is 9.58. The second kappa shape index (κ2) is 4.48. The van der Waals surface area contributed by atoms with Gasteiger partial charge in [-0.3, -0.25) is 4.68 Å². The number of carbonyl (C=O) groups is 1. The number of imidazole rings is 1. The number of nitrogens with zero attached hydrogens (tertiary/aromatic N) is 3. The van der Waals surface area contributed by atoms with Crippen LogP contribution in [-0.4, -0.2) is 30.8 Å². The van der Waals surface area contributed by atoms with Gasteiger partial charge in [0.15, 0.2) is 0 Å². The van der Waals surface area contributed by atoms with Crippen LogP contribution in [0, 0.1) is 0 Å². The molecule has 2 heterocycles. The molecule has 0 aliphatic heterocycles. The maximum atomic E-state index is 11.0. The van der Waals surface area contributed by atoms with Gasteiger partial charge in [0.25, 0.3) is 0 Å². The van der Waals surface area contributed by atoms with Gasteiger partial charge in [-0.05, 0) is 24.6 Å². The molecule has 0 aliphatic rings. The van der Waals surface area contributed by atoms with Crippen LogP contribution in [0.4, 0.5) is 0 Å². The Morgan fingerprint density at radius 2 is 2.25 bits per heavy atom. The lowest BCUT2D eigenvalue weighted by atomic mass is 10.2. The molecule has 0 atom stereocenters. The van der Waals surface area contributed by atoms with Crippen molar-refractivity contribution in [1.82, 2.24) is 19.7 Å². The zero-order chi connectivity index (χ0) is 14.3. The van der Waals surface area contributed by atoms with Crippen molar-refractivity contribution in [3.63, 3.8) is 0 Å². The fraction of sp³-hybridized carbons (Fsp3) is 0.214. The number of aromatic carboxylic acids is 1. The Balaban J connectivity index is 2.15. The monoisotopic (exact) mass is 270 g/mol. The molecule has 102 valence electrons. The van der Waals surface area contributed by atoms with Gasteiger partial charge in [-0.2, -0.15) is 5.10 Å². The normalized spacial score (nSPS) is 11.1. The molecule has 0 saturated heterocycles. The number of aromatic nitrogens is 4. The molecule has 0 unspecified atom stereocenters. The third-order valence-corrected chi connectivity index (χ3v) is 3.22. The number of fused-ring (bicyclic) bond motifs is 1. The molecule has 2 aromatic heterocycles. The zero-order valence-electron chi connectivity index (χ0n) is 11.2. The predicted octanol–water partition coefficient (Wildman–Crippen LogP) is 2.22. The van der Waals surface area contributed by atoms with Crippen molar-refractivity contribution in [2.75, 3.05) is 0 Å². The van der Waals surface area contributed by atoms with Crippen LogP contribution < -0.4 is 0 Å². The van der Waals surface area contributed by atoms with Crippen LogP contribution in [0.1, 0.15) is 23.0 Å². The van der Waals surface area contributed by atoms with Crippen LogP contribution >= 0.6 is 0 Å². The number of nitrogens with one attached hydrogen (secondary N) is 1. The molecule has 1 aromatic carbocycles. The van der Waals surface area contributed by atoms with Gasteiger partial charge in [-0.1, -0.05) is 6.92 Å². The van der Waals surface area contributed by atoms with Crippen LogP contribution in [0.2, 0.25) is 0 Å². The Labute approximate surface area is 115 Å². The lowest BCUT2D eigenvalue weighted by Crippen LogP contribution is -1.94. The summed E-state index contributed by atoms with van der Waals surface area (Å²) in [6.45, 7) is 2.04. The van der Waals surface area contributed by atoms with E-state index in [9.17, 15) is 4.79 Å². The summed E-state index contributed by atoms with van der Waals surface area (Å²) in [5.74, 6) is -0.230. The molecule has 3 aromatic rings. The number of carboxylic acids is 1. The third-order valence-electron chi connectivity index (χ3n) is 3.22. The minimum Gasteiger partial charge on any atom is -0.478 e. The standard InChI is InChI=1S/C14H14N4O2/c1-3-10-9(7-18(2)17-10)13-15-11-5-4-8(14(19)20)6-12(11)16-13/h4-7H,3H2,1-2H3,(H,15,16)(H,19,20). The van der Waals surface area contributed by atoms with Crippen molar-refractivity contribution in [2.45, 2.75) is 13.3 Å². The Morgan fingerprint density at radius 1 is 1.45 bits per heavy atom. The molecule has 6 heteroatoms. The van der Waals surface area contributed by atoms with E-state index < -0.39 is 5.97 Å². The number of H-pyrrole nitrogens is 1. The molecule has 3 rings (SSSR count). The molecule has 0 saturated carbocycles. The minimum absolute atomic E-state index is 0.245. The number of rotatable bonds is 3. The summed E-state index contributed by atoms with van der Waals surface area (Å²) < 4.78 is 1.75. The van der Waals surface area contributed by atoms with Crippen molar-refractivity contribution < 1.29 is 9.90 Å². The van der Waals surface area contributed by atoms with E-state index in [2.05, 4.69) is 15.1 Å². The van der Waals surface area contributed by atoms with E-state index in [1.165, 1.54) is 0 Å². The Hall–Kier alpha value is -2.63. The summed E-state index contributed by atoms with van der Waals surface area (Å²) in [4.78, 5) is 18.6. The highest BCUT2D eigenvalue weighted by Crippen LogP contribution is 2.24. The van der Waals surface area contributed by atoms with Crippen molar-refractivity contribution in [2.24, 2.45) is 7.05 Å². The van der Waals surface area contributed by atoms with Gasteiger partial charge in [-0.15, -0.1) is 0 Å². The van der Waals surface area contributed by atoms with E-state index in [0.29, 0.717) is 11.3 Å². The van der Waals surface area contributed by atoms with E-state index in [4.69, 9.17) is 5.11 Å². The topological polar surface area (TPSA) is 83.8 Å². The SMILES string of the molecule is CCc1nn(C)cc1-c1nc2ccc(C(=O)O)cc2[nH]1. The molecule has 6 nitrogen and oxygen atoms in total. The summed E-state index contributed by atoms with van der Waals surface area (Å²) in [7, 11) is 1.87. The first kappa shape index (κ1) is 12.4. The van der Waals surface area contributed by atoms with Gasteiger partial charge in [0.2, 0.25) is 0 Å². The first-order valence-corrected chi connectivity index (χ1v) is 6.34. The maximum Gasteiger partial charge on any atom is 0.335 e. The molecule has 0 bridgehead atoms. The number of aromatic amines is 1. The molecule has 0 aliphatic carbocycles. The van der Waals surface area contributed by atoms with Gasteiger partial charge in [0.05, 0.1) is 27.9 Å². The highest BCUT2D eigenvalue weighted by atomic mass is 16.4. The van der Waals surface area contributed by atoms with Gasteiger partial charge in [-0.25, -0.2) is 9.78 Å². The number of hydrogen-bond acceptors (Lipinski definition) is 3. The fourth-order valence-electron chi connectivity index (χ4n) is 2.26. The fourth-order valence-corrected chi connectivity index (χ4v) is 2.26. The predicted molar refractivity (Wildman–Crippen MR) is 74.6 cm³/mol. The summed E-state index contributed by atoms with van der Waals surface area (Å²) in [5.41, 5.74) is 3.62. The molecule has 0 amide bonds. The highest BCUT2D eigenvalue weighted by Gasteiger charge is 2.13. The largest absolute Gasteiger partial charge is 0.478 e. The summed E-state index contributed by atoms with van der Waals surface area (Å²) in [6.07, 6.45) is 2.72. The van der Waals surface area contributed by atoms with Crippen LogP contribution in [0.15, 0.2) is 24.4 Å². The van der Waals surface area contributed by atoms with Crippen LogP contribution in [0.25, 0.3) is 22.4 Å². The second-order valence-corrected chi connectivity index (χ2v) is 4.64. The van der Waals surface area contributed by atoms with Crippen molar-refractivity contribution in [1.29, 1.82) is 0 Å². The van der Waals surface area contributed by atoms with E-state index in [1.54, 1.807) is 22.9 Å². The smallest absolute Gasteiger partial charge is 0.335 e. The molecule has 2 N–H and O–H groups in total. The van der Waals surface area contributed by atoms with E-state index in [1.807, 2.05) is 20.2 Å². The van der Waals surface area contributed by atoms with Gasteiger partial charge in [0, 0.05) is 13.2 Å². The number of aryl methyl sites for hydroxylation is 2. The third kappa shape index (κ3) is 1.95. The quantitative estimate of drug-likeness (QED) is 0.764. The molecular formula is C14H14N4O2. The molecular weight excluding hydrogens is 256 g/mol. The van der Waals surface area contributed by atoms with Crippen molar-refractivity contribution in [3.8, 4) is 11.4 Å². The zero-order valence-corrected chi connectivity index (χ0v) is 11.2.